The highest BCUT2D eigenvalue weighted by molar-refractivity contribution is 8.00. The second-order valence-electron chi connectivity index (χ2n) is 5.82. The van der Waals surface area contributed by atoms with Crippen molar-refractivity contribution in [3.63, 3.8) is 0 Å². The molecule has 0 aliphatic carbocycles. The minimum absolute atomic E-state index is 0.0517. The molecule has 0 saturated carbocycles. The maximum atomic E-state index is 12.9. The van der Waals surface area contributed by atoms with Gasteiger partial charge < -0.3 is 0 Å². The summed E-state index contributed by atoms with van der Waals surface area (Å²) in [6.07, 6.45) is 1.22. The molecule has 4 heteroatoms. The molecule has 0 unspecified atom stereocenters. The van der Waals surface area contributed by atoms with E-state index in [1.54, 1.807) is 30.3 Å². The van der Waals surface area contributed by atoms with Gasteiger partial charge in [0.2, 0.25) is 9.84 Å². The second-order valence-corrected chi connectivity index (χ2v) is 7.70. The molecule has 25 heavy (non-hydrogen) atoms. The Hall–Kier alpha value is -2.98. The third-order valence-corrected chi connectivity index (χ3v) is 6.14. The third kappa shape index (κ3) is 2.61. The number of ketones is 1. The van der Waals surface area contributed by atoms with Crippen molar-refractivity contribution in [2.24, 2.45) is 0 Å². The minimum atomic E-state index is -3.71. The van der Waals surface area contributed by atoms with Crippen molar-refractivity contribution in [2.75, 3.05) is 0 Å². The van der Waals surface area contributed by atoms with Crippen LogP contribution in [0.15, 0.2) is 89.8 Å². The van der Waals surface area contributed by atoms with Crippen LogP contribution in [-0.2, 0) is 9.84 Å². The first kappa shape index (κ1) is 15.5. The zero-order chi connectivity index (χ0) is 17.4. The lowest BCUT2D eigenvalue weighted by Crippen LogP contribution is -2.16. The Morgan fingerprint density at radius 3 is 1.88 bits per heavy atom. The van der Waals surface area contributed by atoms with Gasteiger partial charge in [0.1, 0.15) is 0 Å². The molecule has 0 radical (unpaired) electrons. The Morgan fingerprint density at radius 1 is 0.600 bits per heavy atom. The van der Waals surface area contributed by atoms with Gasteiger partial charge in [0.15, 0.2) is 5.78 Å². The number of benzene rings is 3. The fraction of sp³-hybridized carbons (Fsp3) is 0. The molecule has 0 N–H and O–H groups in total. The van der Waals surface area contributed by atoms with Crippen molar-refractivity contribution in [2.45, 2.75) is 4.90 Å². The summed E-state index contributed by atoms with van der Waals surface area (Å²) in [7, 11) is -3.71. The van der Waals surface area contributed by atoms with Crippen molar-refractivity contribution in [3.05, 3.63) is 96.1 Å². The van der Waals surface area contributed by atoms with E-state index in [0.717, 1.165) is 11.1 Å². The van der Waals surface area contributed by atoms with Crippen molar-refractivity contribution in [3.8, 4) is 11.1 Å². The molecule has 0 bridgehead atoms. The van der Waals surface area contributed by atoms with Gasteiger partial charge in [-0.05, 0) is 28.8 Å². The van der Waals surface area contributed by atoms with E-state index in [-0.39, 0.29) is 21.1 Å². The zero-order valence-electron chi connectivity index (χ0n) is 13.2. The standard InChI is InChI=1S/C21H14O3S/c22-19-14-21(25(23,24)20-9-5-4-8-18(19)20)17-12-10-16(11-13-17)15-6-2-1-3-7-15/h1-14H. The van der Waals surface area contributed by atoms with E-state index < -0.39 is 9.84 Å². The average Bonchev–Trinajstić information content (AvgIpc) is 2.66. The predicted octanol–water partition coefficient (Wildman–Crippen LogP) is 4.36. The van der Waals surface area contributed by atoms with Crippen LogP contribution in [0, 0.1) is 0 Å². The third-order valence-electron chi connectivity index (χ3n) is 4.27. The fourth-order valence-electron chi connectivity index (χ4n) is 2.99. The Kier molecular flexibility index (Phi) is 3.62. The fourth-order valence-corrected chi connectivity index (χ4v) is 4.65. The smallest absolute Gasteiger partial charge is 0.208 e. The molecule has 0 spiro atoms. The van der Waals surface area contributed by atoms with Crippen LogP contribution in [0.1, 0.15) is 15.9 Å². The highest BCUT2D eigenvalue weighted by Gasteiger charge is 2.31. The number of carbonyl (C=O) groups is 1. The van der Waals surface area contributed by atoms with Gasteiger partial charge in [0.25, 0.3) is 0 Å². The summed E-state index contributed by atoms with van der Waals surface area (Å²) < 4.78 is 25.8. The van der Waals surface area contributed by atoms with Gasteiger partial charge in [-0.25, -0.2) is 8.42 Å². The summed E-state index contributed by atoms with van der Waals surface area (Å²) in [5.74, 6) is -0.285. The van der Waals surface area contributed by atoms with Gasteiger partial charge in [0, 0.05) is 11.6 Å². The van der Waals surface area contributed by atoms with E-state index in [2.05, 4.69) is 0 Å². The Morgan fingerprint density at radius 2 is 1.16 bits per heavy atom. The topological polar surface area (TPSA) is 51.2 Å². The van der Waals surface area contributed by atoms with Gasteiger partial charge >= 0.3 is 0 Å². The van der Waals surface area contributed by atoms with E-state index in [0.29, 0.717) is 5.56 Å². The molecule has 1 aliphatic heterocycles. The van der Waals surface area contributed by atoms with E-state index in [1.807, 2.05) is 42.5 Å². The second kappa shape index (κ2) is 5.83. The van der Waals surface area contributed by atoms with Gasteiger partial charge in [0.05, 0.1) is 9.80 Å². The van der Waals surface area contributed by atoms with E-state index in [1.165, 1.54) is 12.1 Å². The Labute approximate surface area is 146 Å². The summed E-state index contributed by atoms with van der Waals surface area (Å²) in [6, 6.07) is 23.4. The first-order valence-electron chi connectivity index (χ1n) is 7.83. The average molecular weight is 346 g/mol. The number of hydrogen-bond acceptors (Lipinski definition) is 3. The molecular weight excluding hydrogens is 332 g/mol. The SMILES string of the molecule is O=C1C=C(c2ccc(-c3ccccc3)cc2)S(=O)(=O)c2ccccc21. The van der Waals surface area contributed by atoms with E-state index >= 15 is 0 Å². The molecule has 4 rings (SSSR count). The quantitative estimate of drug-likeness (QED) is 0.692. The molecule has 0 aromatic heterocycles. The number of sulfone groups is 1. The number of fused-ring (bicyclic) bond motifs is 1. The largest absolute Gasteiger partial charge is 0.289 e. The number of hydrogen-bond donors (Lipinski definition) is 0. The van der Waals surface area contributed by atoms with E-state index in [4.69, 9.17) is 0 Å². The number of rotatable bonds is 2. The lowest BCUT2D eigenvalue weighted by atomic mass is 10.0. The van der Waals surface area contributed by atoms with Crippen molar-refractivity contribution >= 4 is 20.5 Å². The lowest BCUT2D eigenvalue weighted by molar-refractivity contribution is 0.104. The van der Waals surface area contributed by atoms with Gasteiger partial charge in [-0.15, -0.1) is 0 Å². The molecule has 3 aromatic rings. The molecule has 0 fully saturated rings. The molecule has 0 saturated heterocycles. The number of allylic oxidation sites excluding steroid dienone is 1. The van der Waals surface area contributed by atoms with Crippen LogP contribution in [0.5, 0.6) is 0 Å². The lowest BCUT2D eigenvalue weighted by Gasteiger charge is -2.17. The van der Waals surface area contributed by atoms with Crippen LogP contribution in [0.25, 0.3) is 16.0 Å². The molecule has 3 aromatic carbocycles. The van der Waals surface area contributed by atoms with Crippen LogP contribution in [0.4, 0.5) is 0 Å². The maximum Gasteiger partial charge on any atom is 0.208 e. The van der Waals surface area contributed by atoms with Crippen molar-refractivity contribution in [1.29, 1.82) is 0 Å². The van der Waals surface area contributed by atoms with Crippen LogP contribution < -0.4 is 0 Å². The highest BCUT2D eigenvalue weighted by Crippen LogP contribution is 2.35. The van der Waals surface area contributed by atoms with Crippen molar-refractivity contribution < 1.29 is 13.2 Å². The Balaban J connectivity index is 1.79. The first-order chi connectivity index (χ1) is 12.1. The molecule has 0 amide bonds. The highest BCUT2D eigenvalue weighted by atomic mass is 32.2. The summed E-state index contributed by atoms with van der Waals surface area (Å²) in [5.41, 5.74) is 2.79. The molecule has 122 valence electrons. The summed E-state index contributed by atoms with van der Waals surface area (Å²) in [4.78, 5) is 12.4. The maximum absolute atomic E-state index is 12.9. The molecule has 1 aliphatic rings. The number of carbonyl (C=O) groups excluding carboxylic acids is 1. The Bertz CT molecular complexity index is 1090. The molecule has 0 atom stereocenters. The van der Waals surface area contributed by atoms with Gasteiger partial charge in [-0.2, -0.15) is 0 Å². The first-order valence-corrected chi connectivity index (χ1v) is 9.32. The zero-order valence-corrected chi connectivity index (χ0v) is 14.0. The molecular formula is C21H14O3S. The summed E-state index contributed by atoms with van der Waals surface area (Å²) >= 11 is 0. The summed E-state index contributed by atoms with van der Waals surface area (Å²) in [5, 5.41) is 0. The predicted molar refractivity (Wildman–Crippen MR) is 97.8 cm³/mol. The summed E-state index contributed by atoms with van der Waals surface area (Å²) in [6.45, 7) is 0. The minimum Gasteiger partial charge on any atom is -0.289 e. The molecule has 3 nitrogen and oxygen atoms in total. The van der Waals surface area contributed by atoms with Crippen LogP contribution in [0.3, 0.4) is 0 Å². The van der Waals surface area contributed by atoms with Crippen LogP contribution in [0.2, 0.25) is 0 Å². The van der Waals surface area contributed by atoms with Crippen LogP contribution in [-0.4, -0.2) is 14.2 Å². The molecule has 1 heterocycles. The van der Waals surface area contributed by atoms with E-state index in [9.17, 15) is 13.2 Å². The normalized spacial score (nSPS) is 15.4. The van der Waals surface area contributed by atoms with Gasteiger partial charge in [-0.1, -0.05) is 66.7 Å². The van der Waals surface area contributed by atoms with Crippen LogP contribution >= 0.6 is 0 Å². The monoisotopic (exact) mass is 346 g/mol. The van der Waals surface area contributed by atoms with Crippen molar-refractivity contribution in [1.82, 2.24) is 0 Å². The van der Waals surface area contributed by atoms with Gasteiger partial charge in [-0.3, -0.25) is 4.79 Å².